The summed E-state index contributed by atoms with van der Waals surface area (Å²) in [5.74, 6) is -0.0806. The van der Waals surface area contributed by atoms with Gasteiger partial charge in [0.1, 0.15) is 0 Å². The quantitative estimate of drug-likeness (QED) is 0.211. The Morgan fingerprint density at radius 1 is 1.06 bits per heavy atom. The van der Waals surface area contributed by atoms with E-state index in [-0.39, 0.29) is 17.2 Å². The van der Waals surface area contributed by atoms with E-state index < -0.39 is 22.4 Å². The minimum absolute atomic E-state index is 0.0715. The Labute approximate surface area is 183 Å². The number of hydrogen-bond acceptors (Lipinski definition) is 5. The van der Waals surface area contributed by atoms with Crippen molar-refractivity contribution in [1.29, 1.82) is 0 Å². The Kier molecular flexibility index (Phi) is 6.59. The van der Waals surface area contributed by atoms with Gasteiger partial charge in [0.15, 0.2) is 11.5 Å². The number of nitrogens with zero attached hydrogens (tertiary/aromatic N) is 2. The molecule has 0 saturated carbocycles. The maximum atomic E-state index is 12.9. The molecule has 0 aliphatic rings. The van der Waals surface area contributed by atoms with Crippen LogP contribution < -0.4 is 9.47 Å². The molecule has 0 aromatic heterocycles. The topological polar surface area (TPSA) is 74.0 Å². The van der Waals surface area contributed by atoms with E-state index >= 15 is 0 Å². The second-order valence-corrected chi connectivity index (χ2v) is 7.02. The van der Waals surface area contributed by atoms with Crippen molar-refractivity contribution in [3.63, 3.8) is 0 Å². The van der Waals surface area contributed by atoms with E-state index in [0.29, 0.717) is 22.2 Å². The second-order valence-electron chi connectivity index (χ2n) is 6.17. The van der Waals surface area contributed by atoms with Crippen LogP contribution in [0.25, 0.3) is 0 Å². The Bertz CT molecular complexity index is 1140. The molecule has 10 heteroatoms. The molecule has 0 aliphatic heterocycles. The number of methoxy groups -OCH3 is 1. The maximum Gasteiger partial charge on any atom is 0.416 e. The van der Waals surface area contributed by atoms with Crippen molar-refractivity contribution < 1.29 is 27.6 Å². The number of nitro groups is 1. The summed E-state index contributed by atoms with van der Waals surface area (Å²) >= 11 is 3.31. The van der Waals surface area contributed by atoms with Gasteiger partial charge in [0.2, 0.25) is 5.75 Å². The number of ether oxygens (including phenoxy) is 2. The summed E-state index contributed by atoms with van der Waals surface area (Å²) in [5.41, 5.74) is -0.594. The first kappa shape index (κ1) is 22.3. The molecule has 0 atom stereocenters. The Hall–Kier alpha value is -3.40. The van der Waals surface area contributed by atoms with Crippen molar-refractivity contribution in [3.05, 3.63) is 86.4 Å². The third-order valence-electron chi connectivity index (χ3n) is 4.07. The Morgan fingerprint density at radius 3 is 2.39 bits per heavy atom. The van der Waals surface area contributed by atoms with Crippen molar-refractivity contribution in [2.45, 2.75) is 6.18 Å². The van der Waals surface area contributed by atoms with Crippen LogP contribution in [0.5, 0.6) is 17.2 Å². The zero-order valence-corrected chi connectivity index (χ0v) is 17.5. The lowest BCUT2D eigenvalue weighted by Gasteiger charge is -2.14. The zero-order chi connectivity index (χ0) is 22.6. The predicted octanol–water partition coefficient (Wildman–Crippen LogP) is 6.93. The van der Waals surface area contributed by atoms with Crippen LogP contribution in [0.3, 0.4) is 0 Å². The van der Waals surface area contributed by atoms with E-state index in [1.165, 1.54) is 7.11 Å². The van der Waals surface area contributed by atoms with Gasteiger partial charge in [-0.05, 0) is 57.9 Å². The van der Waals surface area contributed by atoms with Crippen LogP contribution in [-0.2, 0) is 6.18 Å². The number of alkyl halides is 3. The summed E-state index contributed by atoms with van der Waals surface area (Å²) in [4.78, 5) is 14.7. The third-order valence-corrected chi connectivity index (χ3v) is 4.65. The first-order valence-electron chi connectivity index (χ1n) is 8.69. The van der Waals surface area contributed by atoms with Crippen molar-refractivity contribution in [1.82, 2.24) is 0 Å². The molecule has 0 fully saturated rings. The lowest BCUT2D eigenvalue weighted by Crippen LogP contribution is -2.06. The average molecular weight is 495 g/mol. The molecule has 0 spiro atoms. The van der Waals surface area contributed by atoms with Crippen LogP contribution in [0, 0.1) is 10.1 Å². The molecule has 0 saturated heterocycles. The molecule has 0 N–H and O–H groups in total. The predicted molar refractivity (Wildman–Crippen MR) is 113 cm³/mol. The third kappa shape index (κ3) is 5.40. The average Bonchev–Trinajstić information content (AvgIpc) is 2.73. The molecular weight excluding hydrogens is 481 g/mol. The van der Waals surface area contributed by atoms with E-state index in [2.05, 4.69) is 20.9 Å². The van der Waals surface area contributed by atoms with Gasteiger partial charge in [-0.1, -0.05) is 18.2 Å². The van der Waals surface area contributed by atoms with Crippen LogP contribution >= 0.6 is 15.9 Å². The van der Waals surface area contributed by atoms with Crippen LogP contribution in [0.15, 0.2) is 70.1 Å². The largest absolute Gasteiger partial charge is 0.493 e. The van der Waals surface area contributed by atoms with E-state index in [1.807, 2.05) is 30.3 Å². The molecule has 3 rings (SSSR count). The highest BCUT2D eigenvalue weighted by molar-refractivity contribution is 9.10. The minimum atomic E-state index is -4.72. The second kappa shape index (κ2) is 9.17. The molecule has 6 nitrogen and oxygen atoms in total. The lowest BCUT2D eigenvalue weighted by atomic mass is 10.1. The number of rotatable bonds is 6. The molecule has 0 amide bonds. The molecule has 0 radical (unpaired) electrons. The molecule has 3 aromatic carbocycles. The maximum absolute atomic E-state index is 12.9. The van der Waals surface area contributed by atoms with Crippen molar-refractivity contribution in [2.24, 2.45) is 4.99 Å². The number of para-hydroxylation sites is 1. The number of nitro benzene ring substituents is 1. The Balaban J connectivity index is 1.97. The molecular formula is C21H14BrF3N2O4. The van der Waals surface area contributed by atoms with Gasteiger partial charge in [-0.3, -0.25) is 15.1 Å². The summed E-state index contributed by atoms with van der Waals surface area (Å²) in [6.45, 7) is 0. The fourth-order valence-corrected chi connectivity index (χ4v) is 3.15. The fraction of sp³-hybridized carbons (Fsp3) is 0.0952. The van der Waals surface area contributed by atoms with Gasteiger partial charge in [0.25, 0.3) is 0 Å². The van der Waals surface area contributed by atoms with Gasteiger partial charge in [-0.2, -0.15) is 13.2 Å². The fourth-order valence-electron chi connectivity index (χ4n) is 2.61. The van der Waals surface area contributed by atoms with Gasteiger partial charge in [0.05, 0.1) is 27.8 Å². The van der Waals surface area contributed by atoms with Crippen LogP contribution in [0.4, 0.5) is 24.5 Å². The summed E-state index contributed by atoms with van der Waals surface area (Å²) in [6, 6.07) is 14.5. The molecule has 3 aromatic rings. The minimum Gasteiger partial charge on any atom is -0.493 e. The smallest absolute Gasteiger partial charge is 0.416 e. The van der Waals surface area contributed by atoms with Gasteiger partial charge >= 0.3 is 11.9 Å². The van der Waals surface area contributed by atoms with Crippen molar-refractivity contribution in [2.75, 3.05) is 7.11 Å². The molecule has 0 heterocycles. The highest BCUT2D eigenvalue weighted by Crippen LogP contribution is 2.43. The number of halogens is 4. The summed E-state index contributed by atoms with van der Waals surface area (Å²) in [6.07, 6.45) is -3.13. The van der Waals surface area contributed by atoms with E-state index in [0.717, 1.165) is 11.8 Å². The monoisotopic (exact) mass is 494 g/mol. The first-order chi connectivity index (χ1) is 14.7. The SMILES string of the molecule is COc1cc(C=Nc2ccccc2)cc(Br)c1Oc1ccc(C(F)(F)F)cc1[N+](=O)[O-]. The molecule has 0 bridgehead atoms. The van der Waals surface area contributed by atoms with E-state index in [4.69, 9.17) is 9.47 Å². The molecule has 0 aliphatic carbocycles. The summed E-state index contributed by atoms with van der Waals surface area (Å²) < 4.78 is 50.0. The normalized spacial score (nSPS) is 11.5. The molecule has 0 unspecified atom stereocenters. The lowest BCUT2D eigenvalue weighted by molar-refractivity contribution is -0.385. The van der Waals surface area contributed by atoms with Crippen LogP contribution in [0.1, 0.15) is 11.1 Å². The Morgan fingerprint density at radius 2 is 1.77 bits per heavy atom. The zero-order valence-electron chi connectivity index (χ0n) is 15.9. The summed E-state index contributed by atoms with van der Waals surface area (Å²) in [7, 11) is 1.37. The van der Waals surface area contributed by atoms with Crippen LogP contribution in [0.2, 0.25) is 0 Å². The van der Waals surface area contributed by atoms with Gasteiger partial charge < -0.3 is 9.47 Å². The number of hydrogen-bond donors (Lipinski definition) is 0. The van der Waals surface area contributed by atoms with Gasteiger partial charge in [-0.25, -0.2) is 0 Å². The van der Waals surface area contributed by atoms with Gasteiger partial charge in [0, 0.05) is 12.3 Å². The standard InChI is InChI=1S/C21H14BrF3N2O4/c1-30-19-10-13(12-26-15-5-3-2-4-6-15)9-16(22)20(19)31-18-8-7-14(21(23,24)25)11-17(18)27(28)29/h2-12H,1H3. The van der Waals surface area contributed by atoms with Gasteiger partial charge in [-0.15, -0.1) is 0 Å². The van der Waals surface area contributed by atoms with Crippen molar-refractivity contribution in [3.8, 4) is 17.2 Å². The van der Waals surface area contributed by atoms with Crippen molar-refractivity contribution >= 4 is 33.5 Å². The van der Waals surface area contributed by atoms with E-state index in [1.54, 1.807) is 18.3 Å². The number of aliphatic imine (C=N–C) groups is 1. The van der Waals surface area contributed by atoms with Crippen LogP contribution in [-0.4, -0.2) is 18.2 Å². The molecule has 31 heavy (non-hydrogen) atoms. The first-order valence-corrected chi connectivity index (χ1v) is 9.48. The highest BCUT2D eigenvalue weighted by atomic mass is 79.9. The molecule has 160 valence electrons. The highest BCUT2D eigenvalue weighted by Gasteiger charge is 2.33. The number of benzene rings is 3. The summed E-state index contributed by atoms with van der Waals surface area (Å²) in [5, 5.41) is 11.3. The van der Waals surface area contributed by atoms with E-state index in [9.17, 15) is 23.3 Å².